The van der Waals surface area contributed by atoms with Crippen molar-refractivity contribution in [2.45, 2.75) is 6.04 Å². The van der Waals surface area contributed by atoms with Crippen molar-refractivity contribution in [3.05, 3.63) is 63.6 Å². The summed E-state index contributed by atoms with van der Waals surface area (Å²) >= 11 is 12.1. The predicted octanol–water partition coefficient (Wildman–Crippen LogP) is 3.08. The molecule has 0 spiro atoms. The average molecular weight is 286 g/mol. The van der Waals surface area contributed by atoms with Crippen LogP contribution in [-0.4, -0.2) is 4.98 Å². The van der Waals surface area contributed by atoms with Gasteiger partial charge in [-0.15, -0.1) is 0 Å². The van der Waals surface area contributed by atoms with Crippen molar-refractivity contribution in [1.82, 2.24) is 10.4 Å². The molecule has 1 atom stereocenters. The minimum Gasteiger partial charge on any atom is -0.271 e. The molecule has 0 saturated heterocycles. The van der Waals surface area contributed by atoms with Crippen LogP contribution in [0.4, 0.5) is 4.39 Å². The van der Waals surface area contributed by atoms with Crippen molar-refractivity contribution >= 4 is 23.2 Å². The second kappa shape index (κ2) is 5.63. The summed E-state index contributed by atoms with van der Waals surface area (Å²) in [4.78, 5) is 4.14. The van der Waals surface area contributed by atoms with Crippen molar-refractivity contribution in [2.24, 2.45) is 5.84 Å². The number of halogens is 3. The van der Waals surface area contributed by atoms with Crippen molar-refractivity contribution in [1.29, 1.82) is 0 Å². The van der Waals surface area contributed by atoms with Gasteiger partial charge < -0.3 is 0 Å². The van der Waals surface area contributed by atoms with Crippen LogP contribution in [-0.2, 0) is 0 Å². The molecule has 18 heavy (non-hydrogen) atoms. The van der Waals surface area contributed by atoms with E-state index in [4.69, 9.17) is 29.0 Å². The zero-order valence-electron chi connectivity index (χ0n) is 9.20. The molecule has 0 aliphatic heterocycles. The largest absolute Gasteiger partial charge is 0.271 e. The first-order valence-electron chi connectivity index (χ1n) is 5.15. The molecule has 0 aliphatic carbocycles. The molecule has 1 aromatic heterocycles. The van der Waals surface area contributed by atoms with E-state index >= 15 is 0 Å². The molecule has 3 nitrogen and oxygen atoms in total. The molecule has 0 saturated carbocycles. The molecule has 6 heteroatoms. The number of nitrogens with two attached hydrogens (primary N) is 1. The maximum atomic E-state index is 13.3. The van der Waals surface area contributed by atoms with E-state index in [1.165, 1.54) is 18.2 Å². The first-order chi connectivity index (χ1) is 8.63. The van der Waals surface area contributed by atoms with Crippen LogP contribution in [0.5, 0.6) is 0 Å². The highest BCUT2D eigenvalue weighted by atomic mass is 35.5. The maximum absolute atomic E-state index is 13.3. The van der Waals surface area contributed by atoms with Gasteiger partial charge in [0.05, 0.1) is 16.8 Å². The minimum atomic E-state index is -0.568. The molecule has 0 fully saturated rings. The van der Waals surface area contributed by atoms with E-state index in [0.717, 1.165) is 0 Å². The van der Waals surface area contributed by atoms with Gasteiger partial charge >= 0.3 is 0 Å². The predicted molar refractivity (Wildman–Crippen MR) is 69.8 cm³/mol. The normalized spacial score (nSPS) is 12.4. The van der Waals surface area contributed by atoms with Gasteiger partial charge in [-0.3, -0.25) is 10.8 Å². The molecule has 2 aromatic rings. The Morgan fingerprint density at radius 2 is 2.00 bits per heavy atom. The van der Waals surface area contributed by atoms with E-state index in [-0.39, 0.29) is 0 Å². The van der Waals surface area contributed by atoms with Crippen molar-refractivity contribution < 1.29 is 4.39 Å². The van der Waals surface area contributed by atoms with Crippen LogP contribution < -0.4 is 11.3 Å². The molecule has 2 rings (SSSR count). The van der Waals surface area contributed by atoms with Crippen LogP contribution in [0.2, 0.25) is 10.0 Å². The van der Waals surface area contributed by atoms with Crippen LogP contribution >= 0.6 is 23.2 Å². The topological polar surface area (TPSA) is 50.9 Å². The Morgan fingerprint density at radius 3 is 2.67 bits per heavy atom. The fourth-order valence-corrected chi connectivity index (χ4v) is 2.12. The van der Waals surface area contributed by atoms with Crippen LogP contribution in [0.3, 0.4) is 0 Å². The third-order valence-electron chi connectivity index (χ3n) is 2.50. The Kier molecular flexibility index (Phi) is 4.14. The van der Waals surface area contributed by atoms with Gasteiger partial charge in [0.1, 0.15) is 5.82 Å². The van der Waals surface area contributed by atoms with Crippen molar-refractivity contribution in [3.8, 4) is 0 Å². The summed E-state index contributed by atoms with van der Waals surface area (Å²) in [5, 5.41) is 0.821. The Labute approximate surface area is 114 Å². The number of pyridine rings is 1. The van der Waals surface area contributed by atoms with E-state index < -0.39 is 11.9 Å². The first-order valence-corrected chi connectivity index (χ1v) is 5.90. The SMILES string of the molecule is NNC(c1cc(F)ccc1Cl)c1ncccc1Cl. The second-order valence-corrected chi connectivity index (χ2v) is 4.45. The molecular formula is C12H10Cl2FN3. The molecule has 0 aliphatic rings. The van der Waals surface area contributed by atoms with Crippen LogP contribution in [0.15, 0.2) is 36.5 Å². The standard InChI is InChI=1S/C12H10Cl2FN3/c13-9-4-3-7(15)6-8(9)11(18-16)12-10(14)2-1-5-17-12/h1-6,11,18H,16H2. The zero-order chi connectivity index (χ0) is 13.1. The van der Waals surface area contributed by atoms with Crippen LogP contribution in [0.1, 0.15) is 17.3 Å². The summed E-state index contributed by atoms with van der Waals surface area (Å²) in [6, 6.07) is 6.86. The highest BCUT2D eigenvalue weighted by molar-refractivity contribution is 6.32. The molecule has 1 aromatic carbocycles. The summed E-state index contributed by atoms with van der Waals surface area (Å²) in [6.07, 6.45) is 1.58. The Hall–Kier alpha value is -1.20. The summed E-state index contributed by atoms with van der Waals surface area (Å²) in [5.41, 5.74) is 3.53. The number of hydrogen-bond acceptors (Lipinski definition) is 3. The van der Waals surface area contributed by atoms with E-state index in [1.807, 2.05) is 0 Å². The lowest BCUT2D eigenvalue weighted by molar-refractivity contribution is 0.598. The molecule has 0 bridgehead atoms. The quantitative estimate of drug-likeness (QED) is 0.673. The van der Waals surface area contributed by atoms with Gasteiger partial charge in [-0.25, -0.2) is 9.82 Å². The summed E-state index contributed by atoms with van der Waals surface area (Å²) in [7, 11) is 0. The van der Waals surface area contributed by atoms with Crippen molar-refractivity contribution in [2.75, 3.05) is 0 Å². The van der Waals surface area contributed by atoms with Gasteiger partial charge in [0.15, 0.2) is 0 Å². The van der Waals surface area contributed by atoms with Crippen molar-refractivity contribution in [3.63, 3.8) is 0 Å². The van der Waals surface area contributed by atoms with Gasteiger partial charge in [0.25, 0.3) is 0 Å². The molecule has 0 radical (unpaired) electrons. The van der Waals surface area contributed by atoms with Crippen LogP contribution in [0.25, 0.3) is 0 Å². The number of aromatic nitrogens is 1. The van der Waals surface area contributed by atoms with Gasteiger partial charge in [-0.2, -0.15) is 0 Å². The zero-order valence-corrected chi connectivity index (χ0v) is 10.7. The summed E-state index contributed by atoms with van der Waals surface area (Å²) < 4.78 is 13.3. The van der Waals surface area contributed by atoms with E-state index in [0.29, 0.717) is 21.3 Å². The highest BCUT2D eigenvalue weighted by Gasteiger charge is 2.20. The maximum Gasteiger partial charge on any atom is 0.123 e. The fraction of sp³-hybridized carbons (Fsp3) is 0.0833. The van der Waals surface area contributed by atoms with Gasteiger partial charge in [-0.1, -0.05) is 23.2 Å². The number of nitrogens with one attached hydrogen (secondary N) is 1. The van der Waals surface area contributed by atoms with Gasteiger partial charge in [-0.05, 0) is 35.9 Å². The average Bonchev–Trinajstić information content (AvgIpc) is 2.36. The minimum absolute atomic E-state index is 0.390. The van der Waals surface area contributed by atoms with E-state index in [9.17, 15) is 4.39 Å². The lowest BCUT2D eigenvalue weighted by Crippen LogP contribution is -2.30. The lowest BCUT2D eigenvalue weighted by Gasteiger charge is -2.18. The Balaban J connectivity index is 2.52. The Bertz CT molecular complexity index is 563. The molecule has 1 unspecified atom stereocenters. The lowest BCUT2D eigenvalue weighted by atomic mass is 10.0. The van der Waals surface area contributed by atoms with Gasteiger partial charge in [0, 0.05) is 11.2 Å². The second-order valence-electron chi connectivity index (χ2n) is 3.64. The Morgan fingerprint density at radius 1 is 1.22 bits per heavy atom. The first kappa shape index (κ1) is 13.2. The number of nitrogens with zero attached hydrogens (tertiary/aromatic N) is 1. The number of benzene rings is 1. The third kappa shape index (κ3) is 2.62. The number of hydrazine groups is 1. The van der Waals surface area contributed by atoms with Crippen LogP contribution in [0, 0.1) is 5.82 Å². The number of hydrogen-bond donors (Lipinski definition) is 2. The summed E-state index contributed by atoms with van der Waals surface area (Å²) in [6.45, 7) is 0. The smallest absolute Gasteiger partial charge is 0.123 e. The van der Waals surface area contributed by atoms with E-state index in [1.54, 1.807) is 18.3 Å². The van der Waals surface area contributed by atoms with Gasteiger partial charge in [0.2, 0.25) is 0 Å². The molecule has 94 valence electrons. The molecular weight excluding hydrogens is 276 g/mol. The monoisotopic (exact) mass is 285 g/mol. The molecule has 0 amide bonds. The highest BCUT2D eigenvalue weighted by Crippen LogP contribution is 2.30. The van der Waals surface area contributed by atoms with E-state index in [2.05, 4.69) is 10.4 Å². The summed E-state index contributed by atoms with van der Waals surface area (Å²) in [5.74, 6) is 5.09. The third-order valence-corrected chi connectivity index (χ3v) is 3.16. The number of rotatable bonds is 3. The molecule has 1 heterocycles. The molecule has 3 N–H and O–H groups in total. The fourth-order valence-electron chi connectivity index (χ4n) is 1.66.